The summed E-state index contributed by atoms with van der Waals surface area (Å²) in [6.07, 6.45) is 6.56. The molecule has 0 aliphatic carbocycles. The van der Waals surface area contributed by atoms with Crippen LogP contribution in [0, 0.1) is 0 Å². The van der Waals surface area contributed by atoms with Gasteiger partial charge in [0, 0.05) is 26.2 Å². The zero-order valence-corrected chi connectivity index (χ0v) is 19.4. The van der Waals surface area contributed by atoms with Crippen LogP contribution in [-0.2, 0) is 0 Å². The van der Waals surface area contributed by atoms with E-state index in [0.717, 1.165) is 37.6 Å². The van der Waals surface area contributed by atoms with Gasteiger partial charge in [0.05, 0.1) is 11.4 Å². The van der Waals surface area contributed by atoms with Gasteiger partial charge >= 0.3 is 0 Å². The molecule has 29 heavy (non-hydrogen) atoms. The zero-order chi connectivity index (χ0) is 20.9. The van der Waals surface area contributed by atoms with Crippen LogP contribution in [0.25, 0.3) is 0 Å². The highest BCUT2D eigenvalue weighted by atomic mass is 32.1. The van der Waals surface area contributed by atoms with Crippen molar-refractivity contribution < 1.29 is 0 Å². The lowest BCUT2D eigenvalue weighted by Crippen LogP contribution is -2.40. The van der Waals surface area contributed by atoms with E-state index in [-0.39, 0.29) is 0 Å². The lowest BCUT2D eigenvalue weighted by atomic mass is 10.1. The highest BCUT2D eigenvalue weighted by molar-refractivity contribution is 7.80. The SMILES string of the molecule is CC(=N\NC(=S)NCCN1CCCCC1)/C(C)=N/NC(=S)NCCN1CCCC1. The van der Waals surface area contributed by atoms with Crippen LogP contribution in [0.1, 0.15) is 46.0 Å². The average molecular weight is 441 g/mol. The van der Waals surface area contributed by atoms with E-state index in [2.05, 4.69) is 41.5 Å². The summed E-state index contributed by atoms with van der Waals surface area (Å²) < 4.78 is 0. The number of piperidine rings is 1. The van der Waals surface area contributed by atoms with Crippen LogP contribution in [0.4, 0.5) is 0 Å². The monoisotopic (exact) mass is 440 g/mol. The molecule has 0 unspecified atom stereocenters. The van der Waals surface area contributed by atoms with Crippen molar-refractivity contribution in [3.8, 4) is 0 Å². The standard InChI is InChI=1S/C19H36N8S2/c1-16(22-24-18(28)20-8-14-26-10-4-3-5-11-26)17(2)23-25-19(29)21-9-15-27-12-6-7-13-27/h3-15H2,1-2H3,(H2,20,24,28)(H2,21,25,29)/b22-16+,23-17+. The van der Waals surface area contributed by atoms with E-state index in [9.17, 15) is 0 Å². The quantitative estimate of drug-likeness (QED) is 0.242. The maximum Gasteiger partial charge on any atom is 0.187 e. The molecule has 2 rings (SSSR count). The van der Waals surface area contributed by atoms with Crippen molar-refractivity contribution in [2.75, 3.05) is 52.4 Å². The van der Waals surface area contributed by atoms with Crippen molar-refractivity contribution in [1.29, 1.82) is 0 Å². The lowest BCUT2D eigenvalue weighted by Gasteiger charge is -2.26. The van der Waals surface area contributed by atoms with E-state index in [4.69, 9.17) is 24.4 Å². The van der Waals surface area contributed by atoms with Gasteiger partial charge in [-0.1, -0.05) is 6.42 Å². The lowest BCUT2D eigenvalue weighted by molar-refractivity contribution is 0.232. The maximum atomic E-state index is 5.29. The third kappa shape index (κ3) is 10.3. The number of thiocarbonyl (C=S) groups is 2. The Morgan fingerprint density at radius 1 is 0.690 bits per heavy atom. The molecular weight excluding hydrogens is 404 g/mol. The Labute approximate surface area is 185 Å². The third-order valence-electron chi connectivity index (χ3n) is 5.25. The normalized spacial score (nSPS) is 19.1. The highest BCUT2D eigenvalue weighted by Gasteiger charge is 2.11. The molecule has 0 spiro atoms. The fourth-order valence-corrected chi connectivity index (χ4v) is 3.65. The van der Waals surface area contributed by atoms with Gasteiger partial charge in [-0.25, -0.2) is 0 Å². The minimum atomic E-state index is 0.527. The van der Waals surface area contributed by atoms with Crippen LogP contribution in [0.15, 0.2) is 10.2 Å². The van der Waals surface area contributed by atoms with E-state index in [0.29, 0.717) is 10.2 Å². The van der Waals surface area contributed by atoms with E-state index in [1.807, 2.05) is 13.8 Å². The van der Waals surface area contributed by atoms with E-state index in [1.54, 1.807) is 0 Å². The second kappa shape index (κ2) is 13.8. The molecule has 2 aliphatic rings. The van der Waals surface area contributed by atoms with Crippen LogP contribution in [0.2, 0.25) is 0 Å². The van der Waals surface area contributed by atoms with Gasteiger partial charge in [-0.3, -0.25) is 10.9 Å². The number of hydrogen-bond donors (Lipinski definition) is 4. The average Bonchev–Trinajstić information content (AvgIpc) is 3.24. The summed E-state index contributed by atoms with van der Waals surface area (Å²) >= 11 is 10.6. The zero-order valence-electron chi connectivity index (χ0n) is 17.8. The summed E-state index contributed by atoms with van der Waals surface area (Å²) in [5.74, 6) is 0. The van der Waals surface area contributed by atoms with Crippen molar-refractivity contribution >= 4 is 46.1 Å². The molecule has 2 saturated heterocycles. The number of rotatable bonds is 9. The Morgan fingerprint density at radius 2 is 1.07 bits per heavy atom. The van der Waals surface area contributed by atoms with Crippen molar-refractivity contribution in [1.82, 2.24) is 31.3 Å². The van der Waals surface area contributed by atoms with Gasteiger partial charge in [0.2, 0.25) is 0 Å². The second-order valence-electron chi connectivity index (χ2n) is 7.58. The summed E-state index contributed by atoms with van der Waals surface area (Å²) in [4.78, 5) is 4.91. The smallest absolute Gasteiger partial charge is 0.187 e. The second-order valence-corrected chi connectivity index (χ2v) is 8.40. The van der Waals surface area contributed by atoms with Gasteiger partial charge in [0.1, 0.15) is 0 Å². The Balaban J connectivity index is 1.58. The Hall–Kier alpha value is -1.36. The molecule has 2 fully saturated rings. The first-order valence-corrected chi connectivity index (χ1v) is 11.5. The van der Waals surface area contributed by atoms with Gasteiger partial charge in [0.25, 0.3) is 0 Å². The fourth-order valence-electron chi connectivity index (χ4n) is 3.35. The minimum absolute atomic E-state index is 0.527. The van der Waals surface area contributed by atoms with Gasteiger partial charge in [-0.2, -0.15) is 10.2 Å². The number of hydrogen-bond acceptors (Lipinski definition) is 6. The van der Waals surface area contributed by atoms with Crippen LogP contribution in [0.3, 0.4) is 0 Å². The fraction of sp³-hybridized carbons (Fsp3) is 0.789. The molecule has 0 aromatic rings. The molecule has 164 valence electrons. The highest BCUT2D eigenvalue weighted by Crippen LogP contribution is 2.07. The summed E-state index contributed by atoms with van der Waals surface area (Å²) in [5, 5.41) is 16.0. The summed E-state index contributed by atoms with van der Waals surface area (Å²) in [5.41, 5.74) is 7.25. The van der Waals surface area contributed by atoms with Crippen molar-refractivity contribution in [2.24, 2.45) is 10.2 Å². The molecular formula is C19H36N8S2. The topological polar surface area (TPSA) is 79.3 Å². The summed E-state index contributed by atoms with van der Waals surface area (Å²) in [6.45, 7) is 12.2. The Kier molecular flexibility index (Phi) is 11.4. The molecule has 0 aromatic heterocycles. The third-order valence-corrected chi connectivity index (χ3v) is 5.72. The molecule has 4 N–H and O–H groups in total. The van der Waals surface area contributed by atoms with Crippen LogP contribution in [0.5, 0.6) is 0 Å². The van der Waals surface area contributed by atoms with Crippen molar-refractivity contribution in [3.63, 3.8) is 0 Å². The number of nitrogens with one attached hydrogen (secondary N) is 4. The molecule has 8 nitrogen and oxygen atoms in total. The van der Waals surface area contributed by atoms with Gasteiger partial charge < -0.3 is 20.4 Å². The minimum Gasteiger partial charge on any atom is -0.360 e. The summed E-state index contributed by atoms with van der Waals surface area (Å²) in [6, 6.07) is 0. The molecule has 2 heterocycles. The maximum absolute atomic E-state index is 5.29. The molecule has 2 aliphatic heterocycles. The first kappa shape index (κ1) is 23.9. The first-order valence-electron chi connectivity index (χ1n) is 10.7. The molecule has 0 aromatic carbocycles. The largest absolute Gasteiger partial charge is 0.360 e. The molecule has 0 radical (unpaired) electrons. The van der Waals surface area contributed by atoms with E-state index < -0.39 is 0 Å². The Morgan fingerprint density at radius 3 is 1.48 bits per heavy atom. The summed E-state index contributed by atoms with van der Waals surface area (Å²) in [7, 11) is 0. The Bertz CT molecular complexity index is 581. The number of hydrazone groups is 2. The van der Waals surface area contributed by atoms with Crippen molar-refractivity contribution in [3.05, 3.63) is 0 Å². The van der Waals surface area contributed by atoms with Gasteiger partial charge in [0.15, 0.2) is 10.2 Å². The van der Waals surface area contributed by atoms with E-state index in [1.165, 1.54) is 58.3 Å². The van der Waals surface area contributed by atoms with Gasteiger partial charge in [-0.15, -0.1) is 0 Å². The van der Waals surface area contributed by atoms with Crippen LogP contribution < -0.4 is 21.5 Å². The molecule has 0 amide bonds. The van der Waals surface area contributed by atoms with Crippen molar-refractivity contribution in [2.45, 2.75) is 46.0 Å². The molecule has 0 bridgehead atoms. The molecule has 0 saturated carbocycles. The number of likely N-dealkylation sites (tertiary alicyclic amines) is 2. The number of nitrogens with zero attached hydrogens (tertiary/aromatic N) is 4. The van der Waals surface area contributed by atoms with E-state index >= 15 is 0 Å². The molecule has 0 atom stereocenters. The first-order chi connectivity index (χ1) is 14.0. The van der Waals surface area contributed by atoms with Crippen LogP contribution in [-0.4, -0.2) is 83.8 Å². The predicted molar refractivity (Wildman–Crippen MR) is 130 cm³/mol. The van der Waals surface area contributed by atoms with Crippen LogP contribution >= 0.6 is 24.4 Å². The molecule has 10 heteroatoms. The van der Waals surface area contributed by atoms with Gasteiger partial charge in [-0.05, 0) is 90.1 Å². The predicted octanol–water partition coefficient (Wildman–Crippen LogP) is 1.25.